The van der Waals surface area contributed by atoms with Crippen LogP contribution >= 0.6 is 23.2 Å². The maximum atomic E-state index is 13.4. The van der Waals surface area contributed by atoms with E-state index in [2.05, 4.69) is 10.6 Å². The number of amides is 3. The predicted molar refractivity (Wildman–Crippen MR) is 156 cm³/mol. The van der Waals surface area contributed by atoms with Gasteiger partial charge < -0.3 is 20.3 Å². The number of nitrogens with zero attached hydrogens (tertiary/aromatic N) is 3. The molecular formula is C29H29Cl2N5O3. The van der Waals surface area contributed by atoms with Gasteiger partial charge in [0.2, 0.25) is 5.91 Å². The van der Waals surface area contributed by atoms with Gasteiger partial charge in [0.1, 0.15) is 18.1 Å². The van der Waals surface area contributed by atoms with Crippen molar-refractivity contribution in [1.29, 1.82) is 0 Å². The lowest BCUT2D eigenvalue weighted by atomic mass is 10.1. The van der Waals surface area contributed by atoms with Gasteiger partial charge in [0.15, 0.2) is 0 Å². The summed E-state index contributed by atoms with van der Waals surface area (Å²) >= 11 is 12.2. The van der Waals surface area contributed by atoms with Gasteiger partial charge in [0.05, 0.1) is 29.2 Å². The van der Waals surface area contributed by atoms with Crippen molar-refractivity contribution in [3.05, 3.63) is 88.5 Å². The zero-order valence-corrected chi connectivity index (χ0v) is 23.5. The lowest BCUT2D eigenvalue weighted by Gasteiger charge is -2.26. The number of aromatic nitrogens is 2. The molecule has 0 aliphatic rings. The standard InChI is InChI=1S/C29H29Cl2N5O3/c1-18(2)35(29(38)32-25-15-10-21(30)16-24(25)31)17-26(37)33-28-27(20-8-6-5-7-9-20)19(3)34-36(28)22-11-13-23(39-4)14-12-22/h5-16,18H,17H2,1-4H3,(H,32,38)(H,33,37). The van der Waals surface area contributed by atoms with E-state index in [-0.39, 0.29) is 18.5 Å². The molecule has 1 heterocycles. The summed E-state index contributed by atoms with van der Waals surface area (Å²) in [6.45, 7) is 5.35. The maximum Gasteiger partial charge on any atom is 0.322 e. The zero-order chi connectivity index (χ0) is 28.1. The maximum absolute atomic E-state index is 13.4. The molecule has 0 unspecified atom stereocenters. The molecule has 8 nitrogen and oxygen atoms in total. The second kappa shape index (κ2) is 12.2. The van der Waals surface area contributed by atoms with Crippen molar-refractivity contribution >= 4 is 46.6 Å². The summed E-state index contributed by atoms with van der Waals surface area (Å²) in [6, 6.07) is 21.1. The number of hydrogen-bond acceptors (Lipinski definition) is 4. The molecule has 39 heavy (non-hydrogen) atoms. The molecule has 0 radical (unpaired) electrons. The van der Waals surface area contributed by atoms with Crippen molar-refractivity contribution in [3.63, 3.8) is 0 Å². The van der Waals surface area contributed by atoms with Crippen molar-refractivity contribution in [3.8, 4) is 22.6 Å². The minimum Gasteiger partial charge on any atom is -0.497 e. The molecule has 2 N–H and O–H groups in total. The lowest BCUT2D eigenvalue weighted by molar-refractivity contribution is -0.117. The molecule has 4 aromatic rings. The van der Waals surface area contributed by atoms with Crippen LogP contribution in [0.15, 0.2) is 72.8 Å². The third-order valence-electron chi connectivity index (χ3n) is 6.07. The number of rotatable bonds is 8. The highest BCUT2D eigenvalue weighted by atomic mass is 35.5. The predicted octanol–water partition coefficient (Wildman–Crippen LogP) is 7.04. The fraction of sp³-hybridized carbons (Fsp3) is 0.207. The highest BCUT2D eigenvalue weighted by molar-refractivity contribution is 6.36. The first kappa shape index (κ1) is 28.0. The van der Waals surface area contributed by atoms with E-state index in [1.165, 1.54) is 4.90 Å². The number of anilines is 2. The number of carbonyl (C=O) groups excluding carboxylic acids is 2. The van der Waals surface area contributed by atoms with Gasteiger partial charge >= 0.3 is 6.03 Å². The summed E-state index contributed by atoms with van der Waals surface area (Å²) in [5.74, 6) is 0.822. The minimum atomic E-state index is -0.465. The first-order chi connectivity index (χ1) is 18.7. The van der Waals surface area contributed by atoms with Crippen LogP contribution in [0.3, 0.4) is 0 Å². The van der Waals surface area contributed by atoms with Gasteiger partial charge in [0, 0.05) is 16.6 Å². The second-order valence-electron chi connectivity index (χ2n) is 9.11. The summed E-state index contributed by atoms with van der Waals surface area (Å²) in [4.78, 5) is 28.0. The summed E-state index contributed by atoms with van der Waals surface area (Å²) < 4.78 is 6.97. The number of halogens is 2. The van der Waals surface area contributed by atoms with Gasteiger partial charge in [0.25, 0.3) is 0 Å². The fourth-order valence-electron chi connectivity index (χ4n) is 4.10. The van der Waals surface area contributed by atoms with E-state index < -0.39 is 6.03 Å². The number of hydrogen-bond donors (Lipinski definition) is 2. The van der Waals surface area contributed by atoms with Crippen LogP contribution in [0.2, 0.25) is 10.0 Å². The van der Waals surface area contributed by atoms with E-state index in [0.29, 0.717) is 27.3 Å². The highest BCUT2D eigenvalue weighted by Crippen LogP contribution is 2.34. The molecule has 0 fully saturated rings. The smallest absolute Gasteiger partial charge is 0.322 e. The van der Waals surface area contributed by atoms with E-state index in [9.17, 15) is 9.59 Å². The molecule has 4 rings (SSSR count). The first-order valence-electron chi connectivity index (χ1n) is 12.3. The Morgan fingerprint density at radius 3 is 2.31 bits per heavy atom. The number of carbonyl (C=O) groups is 2. The van der Waals surface area contributed by atoms with Crippen molar-refractivity contribution in [2.75, 3.05) is 24.3 Å². The Morgan fingerprint density at radius 2 is 1.69 bits per heavy atom. The minimum absolute atomic E-state index is 0.199. The summed E-state index contributed by atoms with van der Waals surface area (Å²) in [5.41, 5.74) is 3.57. The summed E-state index contributed by atoms with van der Waals surface area (Å²) in [6.07, 6.45) is 0. The van der Waals surface area contributed by atoms with Crippen LogP contribution < -0.4 is 15.4 Å². The van der Waals surface area contributed by atoms with E-state index in [1.54, 1.807) is 30.0 Å². The Labute approximate surface area is 237 Å². The summed E-state index contributed by atoms with van der Waals surface area (Å²) in [7, 11) is 1.60. The van der Waals surface area contributed by atoms with E-state index >= 15 is 0 Å². The van der Waals surface area contributed by atoms with E-state index in [0.717, 1.165) is 22.5 Å². The second-order valence-corrected chi connectivity index (χ2v) is 9.95. The Hall–Kier alpha value is -4.01. The number of methoxy groups -OCH3 is 1. The molecule has 0 spiro atoms. The quantitative estimate of drug-likeness (QED) is 0.239. The van der Waals surface area contributed by atoms with Crippen LogP contribution in [0.5, 0.6) is 5.75 Å². The molecule has 0 atom stereocenters. The topological polar surface area (TPSA) is 88.5 Å². The van der Waals surface area contributed by atoms with Gasteiger partial charge in [-0.1, -0.05) is 53.5 Å². The van der Waals surface area contributed by atoms with Crippen LogP contribution in [0, 0.1) is 6.92 Å². The van der Waals surface area contributed by atoms with Crippen molar-refractivity contribution in [2.24, 2.45) is 0 Å². The van der Waals surface area contributed by atoms with Gasteiger partial charge in [-0.05, 0) is 68.8 Å². The molecule has 3 aromatic carbocycles. The Balaban J connectivity index is 1.64. The van der Waals surface area contributed by atoms with Gasteiger partial charge in [-0.3, -0.25) is 4.79 Å². The van der Waals surface area contributed by atoms with E-state index in [1.807, 2.05) is 75.4 Å². The number of urea groups is 1. The largest absolute Gasteiger partial charge is 0.497 e. The van der Waals surface area contributed by atoms with Crippen LogP contribution in [0.4, 0.5) is 16.3 Å². The highest BCUT2D eigenvalue weighted by Gasteiger charge is 2.24. The molecule has 10 heteroatoms. The molecular weight excluding hydrogens is 537 g/mol. The average Bonchev–Trinajstić information content (AvgIpc) is 3.24. The zero-order valence-electron chi connectivity index (χ0n) is 22.0. The van der Waals surface area contributed by atoms with Crippen molar-refractivity contribution in [1.82, 2.24) is 14.7 Å². The molecule has 3 amide bonds. The third kappa shape index (κ3) is 6.53. The Morgan fingerprint density at radius 1 is 1.00 bits per heavy atom. The van der Waals surface area contributed by atoms with Crippen LogP contribution in [0.25, 0.3) is 16.8 Å². The monoisotopic (exact) mass is 565 g/mol. The fourth-order valence-corrected chi connectivity index (χ4v) is 4.55. The molecule has 202 valence electrons. The number of benzene rings is 3. The molecule has 0 aliphatic heterocycles. The normalized spacial score (nSPS) is 10.8. The number of ether oxygens (including phenoxy) is 1. The first-order valence-corrected chi connectivity index (χ1v) is 13.1. The van der Waals surface area contributed by atoms with Gasteiger partial charge in [-0.25, -0.2) is 9.48 Å². The van der Waals surface area contributed by atoms with E-state index in [4.69, 9.17) is 33.0 Å². The van der Waals surface area contributed by atoms with Crippen molar-refractivity contribution in [2.45, 2.75) is 26.8 Å². The Kier molecular flexibility index (Phi) is 8.79. The lowest BCUT2D eigenvalue weighted by Crippen LogP contribution is -2.44. The molecule has 1 aromatic heterocycles. The van der Waals surface area contributed by atoms with Crippen LogP contribution in [0.1, 0.15) is 19.5 Å². The molecule has 0 saturated heterocycles. The van der Waals surface area contributed by atoms with Crippen LogP contribution in [-0.2, 0) is 4.79 Å². The van der Waals surface area contributed by atoms with Gasteiger partial charge in [-0.15, -0.1) is 0 Å². The number of aryl methyl sites for hydroxylation is 1. The Bertz CT molecular complexity index is 1470. The van der Waals surface area contributed by atoms with Gasteiger partial charge in [-0.2, -0.15) is 5.10 Å². The van der Waals surface area contributed by atoms with Crippen molar-refractivity contribution < 1.29 is 14.3 Å². The third-order valence-corrected chi connectivity index (χ3v) is 6.62. The molecule has 0 aliphatic carbocycles. The van der Waals surface area contributed by atoms with Crippen LogP contribution in [-0.4, -0.2) is 46.3 Å². The SMILES string of the molecule is COc1ccc(-n2nc(C)c(-c3ccccc3)c2NC(=O)CN(C(=O)Nc2ccc(Cl)cc2Cl)C(C)C)cc1. The number of nitrogens with one attached hydrogen (secondary N) is 2. The molecule has 0 saturated carbocycles. The summed E-state index contributed by atoms with van der Waals surface area (Å²) in [5, 5.41) is 11.3. The molecule has 0 bridgehead atoms. The average molecular weight is 566 g/mol.